The van der Waals surface area contributed by atoms with Crippen LogP contribution in [0.3, 0.4) is 0 Å². The summed E-state index contributed by atoms with van der Waals surface area (Å²) in [6.07, 6.45) is 6.37. The fraction of sp³-hybridized carbons (Fsp3) is 0.341. The third kappa shape index (κ3) is 12.9. The van der Waals surface area contributed by atoms with Gasteiger partial charge in [0.1, 0.15) is 5.75 Å². The topological polar surface area (TPSA) is 59.6 Å². The van der Waals surface area contributed by atoms with Crippen molar-refractivity contribution in [2.24, 2.45) is 16.6 Å². The highest BCUT2D eigenvalue weighted by Crippen LogP contribution is 2.30. The Morgan fingerprint density at radius 1 is 0.896 bits per heavy atom. The summed E-state index contributed by atoms with van der Waals surface area (Å²) in [6, 6.07) is 31.2. The molecule has 0 saturated carbocycles. The molecule has 0 radical (unpaired) electrons. The molecule has 0 fully saturated rings. The summed E-state index contributed by atoms with van der Waals surface area (Å²) in [5.74, 6) is 2.38. The first-order valence-corrected chi connectivity index (χ1v) is 17.5. The monoisotopic (exact) mass is 645 g/mol. The van der Waals surface area contributed by atoms with Gasteiger partial charge < -0.3 is 15.8 Å². The summed E-state index contributed by atoms with van der Waals surface area (Å²) in [4.78, 5) is 4.67. The van der Waals surface area contributed by atoms with Gasteiger partial charge in [0.15, 0.2) is 0 Å². The molecule has 3 N–H and O–H groups in total. The summed E-state index contributed by atoms with van der Waals surface area (Å²) in [5.41, 5.74) is 14.9. The summed E-state index contributed by atoms with van der Waals surface area (Å²) in [7, 11) is 0. The third-order valence-electron chi connectivity index (χ3n) is 8.10. The Morgan fingerprint density at radius 2 is 1.52 bits per heavy atom. The van der Waals surface area contributed by atoms with Gasteiger partial charge in [-0.2, -0.15) is 0 Å². The van der Waals surface area contributed by atoms with Crippen LogP contribution in [0.15, 0.2) is 108 Å². The van der Waals surface area contributed by atoms with Gasteiger partial charge in [0.2, 0.25) is 0 Å². The molecule has 4 rings (SSSR count). The Morgan fingerprint density at radius 3 is 2.15 bits per heavy atom. The molecule has 0 amide bonds. The first-order valence-electron chi connectivity index (χ1n) is 17.5. The maximum Gasteiger partial charge on any atom is 0.122 e. The van der Waals surface area contributed by atoms with Crippen LogP contribution >= 0.6 is 0 Å². The van der Waals surface area contributed by atoms with Crippen LogP contribution < -0.4 is 26.2 Å². The molecule has 256 valence electrons. The highest BCUT2D eigenvalue weighted by molar-refractivity contribution is 6.00. The second-order valence-electron chi connectivity index (χ2n) is 12.2. The maximum absolute atomic E-state index is 6.07. The number of anilines is 1. The summed E-state index contributed by atoms with van der Waals surface area (Å²) in [6.45, 7) is 23.8. The molecule has 48 heavy (non-hydrogen) atoms. The molecule has 4 nitrogen and oxygen atoms in total. The number of allylic oxidation sites excluding steroid dienone is 1. The van der Waals surface area contributed by atoms with Crippen molar-refractivity contribution in [3.05, 3.63) is 130 Å². The number of benzene rings is 4. The third-order valence-corrected chi connectivity index (χ3v) is 8.10. The van der Waals surface area contributed by atoms with Crippen molar-refractivity contribution in [3.63, 3.8) is 0 Å². The van der Waals surface area contributed by atoms with E-state index < -0.39 is 0 Å². The highest BCUT2D eigenvalue weighted by atomic mass is 16.5. The highest BCUT2D eigenvalue weighted by Gasteiger charge is 2.09. The number of nitrogens with one attached hydrogen (secondary N) is 1. The molecule has 4 aromatic carbocycles. The van der Waals surface area contributed by atoms with Gasteiger partial charge in [-0.05, 0) is 104 Å². The second kappa shape index (κ2) is 21.3. The first kappa shape index (κ1) is 39.6. The molecule has 0 aliphatic heterocycles. The van der Waals surface area contributed by atoms with E-state index in [0.717, 1.165) is 58.3 Å². The minimum atomic E-state index is 0.662. The van der Waals surface area contributed by atoms with Crippen LogP contribution in [0.1, 0.15) is 91.3 Å². The van der Waals surface area contributed by atoms with Crippen molar-refractivity contribution in [3.8, 4) is 16.9 Å². The number of aryl methyl sites for hydroxylation is 2. The molecule has 4 heteroatoms. The molecular weight excluding hydrogens is 587 g/mol. The minimum Gasteiger partial charge on any atom is -0.493 e. The van der Waals surface area contributed by atoms with E-state index in [1.807, 2.05) is 63.2 Å². The lowest BCUT2D eigenvalue weighted by Crippen LogP contribution is -2.24. The van der Waals surface area contributed by atoms with Gasteiger partial charge in [-0.15, -0.1) is 0 Å². The van der Waals surface area contributed by atoms with E-state index in [1.54, 1.807) is 0 Å². The van der Waals surface area contributed by atoms with E-state index in [9.17, 15) is 0 Å². The van der Waals surface area contributed by atoms with Crippen LogP contribution in [-0.4, -0.2) is 12.3 Å². The van der Waals surface area contributed by atoms with Crippen molar-refractivity contribution in [1.29, 1.82) is 0 Å². The number of nitrogens with two attached hydrogens (primary N) is 1. The van der Waals surface area contributed by atoms with Crippen molar-refractivity contribution in [1.82, 2.24) is 0 Å². The van der Waals surface area contributed by atoms with Crippen molar-refractivity contribution >= 4 is 23.7 Å². The summed E-state index contributed by atoms with van der Waals surface area (Å²) >= 11 is 0. The number of nitrogens with zero attached hydrogens (tertiary/aromatic N) is 1. The van der Waals surface area contributed by atoms with Gasteiger partial charge in [-0.1, -0.05) is 127 Å². The quantitative estimate of drug-likeness (QED) is 0.160. The number of rotatable bonds is 11. The normalized spacial score (nSPS) is 12.5. The Bertz CT molecular complexity index is 1720. The predicted molar refractivity (Wildman–Crippen MR) is 212 cm³/mol. The minimum absolute atomic E-state index is 0.662. The molecule has 0 heterocycles. The van der Waals surface area contributed by atoms with E-state index in [4.69, 9.17) is 10.5 Å². The lowest BCUT2D eigenvalue weighted by Gasteiger charge is -2.15. The lowest BCUT2D eigenvalue weighted by atomic mass is 9.99. The zero-order chi connectivity index (χ0) is 35.5. The maximum atomic E-state index is 6.07. The van der Waals surface area contributed by atoms with Gasteiger partial charge in [0.05, 0.1) is 12.4 Å². The van der Waals surface area contributed by atoms with E-state index in [-0.39, 0.29) is 0 Å². The zero-order valence-corrected chi connectivity index (χ0v) is 31.0. The Labute approximate surface area is 291 Å². The van der Waals surface area contributed by atoms with Crippen molar-refractivity contribution in [2.45, 2.75) is 88.0 Å². The van der Waals surface area contributed by atoms with E-state index >= 15 is 0 Å². The van der Waals surface area contributed by atoms with Crippen molar-refractivity contribution < 1.29 is 4.74 Å². The largest absolute Gasteiger partial charge is 0.493 e. The number of aliphatic imine (C=N–C) groups is 1. The molecule has 0 aliphatic rings. The molecule has 0 spiro atoms. The molecular formula is C44H59N3O. The zero-order valence-electron chi connectivity index (χ0n) is 31.0. The fourth-order valence-electron chi connectivity index (χ4n) is 4.84. The molecule has 1 atom stereocenters. The van der Waals surface area contributed by atoms with E-state index in [0.29, 0.717) is 11.7 Å². The second-order valence-corrected chi connectivity index (χ2v) is 12.2. The van der Waals surface area contributed by atoms with Gasteiger partial charge in [-0.3, -0.25) is 4.99 Å². The van der Waals surface area contributed by atoms with Gasteiger partial charge in [0.25, 0.3) is 0 Å². The van der Waals surface area contributed by atoms with Gasteiger partial charge in [0, 0.05) is 22.3 Å². The molecule has 0 bridgehead atoms. The Kier molecular flexibility index (Phi) is 17.6. The SMILES string of the molecule is C/C=C(/N)Nc1cc(-c2ccc(OCCC(C)CC)c(CC)c2)ccc1C.C=c1cccc/c1=C(\C)N=C(C)c1ccccc1.CCC. The summed E-state index contributed by atoms with van der Waals surface area (Å²) in [5, 5.41) is 5.39. The Hall–Kier alpha value is -4.57. The van der Waals surface area contributed by atoms with Crippen LogP contribution in [0.2, 0.25) is 0 Å². The van der Waals surface area contributed by atoms with Crippen LogP contribution in [-0.2, 0) is 6.42 Å². The number of ether oxygens (including phenoxy) is 1. The number of hydrogen-bond donors (Lipinski definition) is 2. The van der Waals surface area contributed by atoms with Crippen molar-refractivity contribution in [2.75, 3.05) is 11.9 Å². The smallest absolute Gasteiger partial charge is 0.122 e. The Balaban J connectivity index is 0.000000328. The average molecular weight is 646 g/mol. The van der Waals surface area contributed by atoms with Crippen LogP contribution in [0.4, 0.5) is 5.69 Å². The molecule has 4 aromatic rings. The van der Waals surface area contributed by atoms with Crippen LogP contribution in [0.25, 0.3) is 23.4 Å². The van der Waals surface area contributed by atoms with Gasteiger partial charge in [-0.25, -0.2) is 0 Å². The molecule has 0 saturated heterocycles. The average Bonchev–Trinajstić information content (AvgIpc) is 3.10. The standard InChI is InChI=1S/C24H34N2O.C17H17N.C3H8/c1-6-17(4)13-14-27-23-12-11-20(15-19(23)7-2)21-10-9-18(5)22(16-21)26-24(25)8-3;1-13-9-7-8-12-17(13)15(3)18-14(2)16-10-5-4-6-11-16;1-3-2/h8-12,15-17,26H,6-7,13-14,25H2,1-5H3;4-12H,1H2,2-3H3;3H2,1-2H3/b24-8-;17-15-,18-14?;. The fourth-order valence-corrected chi connectivity index (χ4v) is 4.84. The molecule has 1 unspecified atom stereocenters. The lowest BCUT2D eigenvalue weighted by molar-refractivity contribution is 0.279. The van der Waals surface area contributed by atoms with E-state index in [1.165, 1.54) is 35.1 Å². The predicted octanol–water partition coefficient (Wildman–Crippen LogP) is 10.4. The molecule has 0 aliphatic carbocycles. The molecule has 0 aromatic heterocycles. The van der Waals surface area contributed by atoms with E-state index in [2.05, 4.69) is 113 Å². The van der Waals surface area contributed by atoms with Gasteiger partial charge >= 0.3 is 0 Å². The summed E-state index contributed by atoms with van der Waals surface area (Å²) < 4.78 is 6.07. The van der Waals surface area contributed by atoms with Crippen LogP contribution in [0.5, 0.6) is 5.75 Å². The number of hydrogen-bond acceptors (Lipinski definition) is 4. The van der Waals surface area contributed by atoms with Crippen LogP contribution in [0, 0.1) is 12.8 Å². The first-order chi connectivity index (χ1) is 23.1.